The van der Waals surface area contributed by atoms with Crippen LogP contribution in [0.1, 0.15) is 36.7 Å². The zero-order valence-electron chi connectivity index (χ0n) is 14.9. The predicted molar refractivity (Wildman–Crippen MR) is 97.3 cm³/mol. The van der Waals surface area contributed by atoms with Gasteiger partial charge in [0.15, 0.2) is 0 Å². The Kier molecular flexibility index (Phi) is 4.85. The summed E-state index contributed by atoms with van der Waals surface area (Å²) in [5.74, 6) is 0.0686. The zero-order valence-corrected chi connectivity index (χ0v) is 14.9. The molecule has 0 saturated carbocycles. The van der Waals surface area contributed by atoms with E-state index < -0.39 is 17.9 Å². The molecule has 7 heteroatoms. The molecule has 2 atom stereocenters. The first kappa shape index (κ1) is 17.6. The molecule has 0 unspecified atom stereocenters. The lowest BCUT2D eigenvalue weighted by molar-refractivity contribution is -0.144. The van der Waals surface area contributed by atoms with Crippen molar-refractivity contribution in [2.75, 3.05) is 18.5 Å². The largest absolute Gasteiger partial charge is 0.493 e. The number of ether oxygens (including phenoxy) is 1. The fourth-order valence-corrected chi connectivity index (χ4v) is 3.78. The minimum absolute atomic E-state index is 0.184. The number of furan rings is 1. The van der Waals surface area contributed by atoms with E-state index in [4.69, 9.17) is 9.15 Å². The molecule has 2 N–H and O–H groups in total. The Hall–Kier alpha value is -2.80. The van der Waals surface area contributed by atoms with Gasteiger partial charge in [0.2, 0.25) is 0 Å². The summed E-state index contributed by atoms with van der Waals surface area (Å²) in [7, 11) is 0. The standard InChI is InChI=1S/C20H22N2O5/c23-16(18-4-2-9-26-18)12-15-3-1-8-22(15)20(25)19(24)21-14-5-6-17-13(11-14)7-10-27-17/h2,4-6,9,11,15-16,23H,1,3,7-8,10,12H2,(H,21,24)/t15-,16-/m0/s1. The number of nitrogens with zero attached hydrogens (tertiary/aromatic N) is 1. The second-order valence-electron chi connectivity index (χ2n) is 6.94. The molecule has 2 amide bonds. The molecule has 1 aromatic heterocycles. The number of benzene rings is 1. The maximum atomic E-state index is 12.6. The lowest BCUT2D eigenvalue weighted by atomic mass is 10.1. The van der Waals surface area contributed by atoms with Crippen LogP contribution in [0.2, 0.25) is 0 Å². The lowest BCUT2D eigenvalue weighted by Crippen LogP contribution is -2.43. The van der Waals surface area contributed by atoms with Crippen molar-refractivity contribution in [3.8, 4) is 5.75 Å². The zero-order chi connectivity index (χ0) is 18.8. The number of amides is 2. The summed E-state index contributed by atoms with van der Waals surface area (Å²) in [6, 6.07) is 8.62. The highest BCUT2D eigenvalue weighted by atomic mass is 16.5. The van der Waals surface area contributed by atoms with E-state index in [-0.39, 0.29) is 6.04 Å². The van der Waals surface area contributed by atoms with Crippen LogP contribution in [0.15, 0.2) is 41.0 Å². The number of likely N-dealkylation sites (tertiary alicyclic amines) is 1. The topological polar surface area (TPSA) is 92.0 Å². The van der Waals surface area contributed by atoms with Crippen molar-refractivity contribution in [1.29, 1.82) is 0 Å². The van der Waals surface area contributed by atoms with E-state index in [0.717, 1.165) is 30.6 Å². The van der Waals surface area contributed by atoms with Gasteiger partial charge in [0, 0.05) is 31.1 Å². The van der Waals surface area contributed by atoms with Gasteiger partial charge >= 0.3 is 11.8 Å². The maximum Gasteiger partial charge on any atom is 0.313 e. The van der Waals surface area contributed by atoms with E-state index in [1.807, 2.05) is 6.07 Å². The van der Waals surface area contributed by atoms with E-state index in [2.05, 4.69) is 5.32 Å². The van der Waals surface area contributed by atoms with E-state index in [0.29, 0.717) is 31.0 Å². The van der Waals surface area contributed by atoms with Gasteiger partial charge in [-0.2, -0.15) is 0 Å². The van der Waals surface area contributed by atoms with Gasteiger partial charge in [0.05, 0.1) is 12.9 Å². The quantitative estimate of drug-likeness (QED) is 0.806. The molecule has 0 radical (unpaired) electrons. The monoisotopic (exact) mass is 370 g/mol. The van der Waals surface area contributed by atoms with Crippen LogP contribution in [0.4, 0.5) is 5.69 Å². The minimum Gasteiger partial charge on any atom is -0.493 e. The van der Waals surface area contributed by atoms with E-state index in [9.17, 15) is 14.7 Å². The average molecular weight is 370 g/mol. The first-order valence-electron chi connectivity index (χ1n) is 9.21. The van der Waals surface area contributed by atoms with E-state index >= 15 is 0 Å². The number of carbonyl (C=O) groups excluding carboxylic acids is 2. The first-order valence-corrected chi connectivity index (χ1v) is 9.21. The molecule has 27 heavy (non-hydrogen) atoms. The number of fused-ring (bicyclic) bond motifs is 1. The van der Waals surface area contributed by atoms with Gasteiger partial charge in [-0.15, -0.1) is 0 Å². The Balaban J connectivity index is 1.39. The van der Waals surface area contributed by atoms with Crippen LogP contribution in [0, 0.1) is 0 Å². The first-order chi connectivity index (χ1) is 13.1. The fraction of sp³-hybridized carbons (Fsp3) is 0.400. The summed E-state index contributed by atoms with van der Waals surface area (Å²) in [4.78, 5) is 26.6. The fourth-order valence-electron chi connectivity index (χ4n) is 3.78. The molecule has 2 aromatic rings. The second-order valence-corrected chi connectivity index (χ2v) is 6.94. The lowest BCUT2D eigenvalue weighted by Gasteiger charge is -2.25. The van der Waals surface area contributed by atoms with Crippen molar-refractivity contribution in [3.63, 3.8) is 0 Å². The smallest absolute Gasteiger partial charge is 0.313 e. The predicted octanol–water partition coefficient (Wildman–Crippen LogP) is 2.27. The molecule has 1 fully saturated rings. The van der Waals surface area contributed by atoms with Crippen molar-refractivity contribution >= 4 is 17.5 Å². The van der Waals surface area contributed by atoms with Crippen LogP contribution < -0.4 is 10.1 Å². The van der Waals surface area contributed by atoms with Crippen LogP contribution in [0.5, 0.6) is 5.75 Å². The van der Waals surface area contributed by atoms with Crippen molar-refractivity contribution in [2.24, 2.45) is 0 Å². The molecule has 0 spiro atoms. The summed E-state index contributed by atoms with van der Waals surface area (Å²) in [6.07, 6.45) is 3.43. The number of hydrogen-bond acceptors (Lipinski definition) is 5. The van der Waals surface area contributed by atoms with E-state index in [1.165, 1.54) is 6.26 Å². The second kappa shape index (κ2) is 7.44. The normalized spacial score (nSPS) is 19.4. The number of anilines is 1. The minimum atomic E-state index is -0.793. The molecule has 2 aliphatic heterocycles. The SMILES string of the molecule is O=C(Nc1ccc2c(c1)CCO2)C(=O)N1CCC[C@H]1C[C@H](O)c1ccco1. The number of hydrogen-bond donors (Lipinski definition) is 2. The number of nitrogens with one attached hydrogen (secondary N) is 1. The van der Waals surface area contributed by atoms with Crippen molar-refractivity contribution in [2.45, 2.75) is 37.8 Å². The summed E-state index contributed by atoms with van der Waals surface area (Å²) in [6.45, 7) is 1.15. The highest BCUT2D eigenvalue weighted by Crippen LogP contribution is 2.29. The average Bonchev–Trinajstić information content (AvgIpc) is 3.41. The summed E-state index contributed by atoms with van der Waals surface area (Å²) in [5.41, 5.74) is 1.62. The Morgan fingerprint density at radius 2 is 2.22 bits per heavy atom. The highest BCUT2D eigenvalue weighted by molar-refractivity contribution is 6.39. The third kappa shape index (κ3) is 3.68. The van der Waals surface area contributed by atoms with Gasteiger partial charge < -0.3 is 24.5 Å². The maximum absolute atomic E-state index is 12.6. The summed E-state index contributed by atoms with van der Waals surface area (Å²) in [5, 5.41) is 13.0. The molecule has 142 valence electrons. The van der Waals surface area contributed by atoms with Crippen molar-refractivity contribution < 1.29 is 23.8 Å². The molecule has 4 rings (SSSR count). The molecule has 0 bridgehead atoms. The Bertz CT molecular complexity index is 833. The third-order valence-corrected chi connectivity index (χ3v) is 5.15. The van der Waals surface area contributed by atoms with Crippen LogP contribution in [-0.4, -0.2) is 41.0 Å². The number of aliphatic hydroxyl groups excluding tert-OH is 1. The molecular formula is C20H22N2O5. The molecule has 0 aliphatic carbocycles. The van der Waals surface area contributed by atoms with Gasteiger partial charge in [-0.05, 0) is 48.7 Å². The van der Waals surface area contributed by atoms with Crippen LogP contribution in [0.25, 0.3) is 0 Å². The highest BCUT2D eigenvalue weighted by Gasteiger charge is 2.34. The van der Waals surface area contributed by atoms with Gasteiger partial charge in [0.25, 0.3) is 0 Å². The van der Waals surface area contributed by atoms with Crippen LogP contribution in [0.3, 0.4) is 0 Å². The number of carbonyl (C=O) groups is 2. The molecule has 3 heterocycles. The third-order valence-electron chi connectivity index (χ3n) is 5.15. The molecular weight excluding hydrogens is 348 g/mol. The van der Waals surface area contributed by atoms with Crippen molar-refractivity contribution in [1.82, 2.24) is 4.90 Å². The van der Waals surface area contributed by atoms with Gasteiger partial charge in [-0.3, -0.25) is 9.59 Å². The van der Waals surface area contributed by atoms with Crippen LogP contribution in [-0.2, 0) is 16.0 Å². The Labute approximate surface area is 156 Å². The Morgan fingerprint density at radius 3 is 3.04 bits per heavy atom. The molecule has 2 aliphatic rings. The summed E-state index contributed by atoms with van der Waals surface area (Å²) >= 11 is 0. The van der Waals surface area contributed by atoms with Crippen LogP contribution >= 0.6 is 0 Å². The molecule has 1 saturated heterocycles. The molecule has 1 aromatic carbocycles. The Morgan fingerprint density at radius 1 is 1.33 bits per heavy atom. The van der Waals surface area contributed by atoms with Gasteiger partial charge in [0.1, 0.15) is 17.6 Å². The number of rotatable bonds is 4. The molecule has 7 nitrogen and oxygen atoms in total. The summed E-state index contributed by atoms with van der Waals surface area (Å²) < 4.78 is 10.7. The van der Waals surface area contributed by atoms with Gasteiger partial charge in [-0.25, -0.2) is 0 Å². The van der Waals surface area contributed by atoms with Crippen molar-refractivity contribution in [3.05, 3.63) is 47.9 Å². The van der Waals surface area contributed by atoms with E-state index in [1.54, 1.807) is 29.2 Å². The number of aliphatic hydroxyl groups is 1. The van der Waals surface area contributed by atoms with Gasteiger partial charge in [-0.1, -0.05) is 0 Å².